The highest BCUT2D eigenvalue weighted by molar-refractivity contribution is 7.87. The highest BCUT2D eigenvalue weighted by atomic mass is 32.2. The van der Waals surface area contributed by atoms with Crippen LogP contribution < -0.4 is 4.72 Å². The van der Waals surface area contributed by atoms with Gasteiger partial charge in [-0.3, -0.25) is 4.98 Å². The van der Waals surface area contributed by atoms with Crippen molar-refractivity contribution in [2.24, 2.45) is 0 Å². The third-order valence-electron chi connectivity index (χ3n) is 3.20. The summed E-state index contributed by atoms with van der Waals surface area (Å²) in [7, 11) is -2.07. The lowest BCUT2D eigenvalue weighted by molar-refractivity contribution is 0.275. The summed E-state index contributed by atoms with van der Waals surface area (Å²) in [5.74, 6) is 0. The minimum Gasteiger partial charge on any atom is -0.396 e. The molecular weight excluding hydrogens is 290 g/mol. The molecule has 0 fully saturated rings. The second-order valence-corrected chi connectivity index (χ2v) is 6.58. The molecule has 0 aliphatic heterocycles. The van der Waals surface area contributed by atoms with Gasteiger partial charge in [-0.05, 0) is 18.1 Å². The van der Waals surface area contributed by atoms with E-state index in [4.69, 9.17) is 5.11 Å². The minimum absolute atomic E-state index is 0.0346. The van der Waals surface area contributed by atoms with Gasteiger partial charge in [0.2, 0.25) is 0 Å². The molecule has 0 radical (unpaired) electrons. The van der Waals surface area contributed by atoms with Crippen molar-refractivity contribution in [1.82, 2.24) is 14.0 Å². The Kier molecular flexibility index (Phi) is 5.24. The van der Waals surface area contributed by atoms with E-state index in [2.05, 4.69) is 9.71 Å². The molecule has 0 aliphatic carbocycles. The zero-order chi connectivity index (χ0) is 15.3. The maximum atomic E-state index is 12.1. The van der Waals surface area contributed by atoms with Gasteiger partial charge in [-0.2, -0.15) is 17.4 Å². The number of pyridine rings is 1. The van der Waals surface area contributed by atoms with Crippen LogP contribution in [-0.2, 0) is 16.8 Å². The van der Waals surface area contributed by atoms with Crippen LogP contribution in [-0.4, -0.2) is 43.0 Å². The van der Waals surface area contributed by atoms with Crippen LogP contribution in [0, 0.1) is 0 Å². The standard InChI is InChI=1S/C14H19N3O3S/c1-17(9-4-10-18)21(19,20)16-11-13-6-2-5-12-7-3-8-15-14(12)13/h2-3,5-8,16,18H,4,9-11H2,1H3. The molecule has 0 saturated heterocycles. The van der Waals surface area contributed by atoms with Gasteiger partial charge in [0.15, 0.2) is 0 Å². The molecule has 0 amide bonds. The Balaban J connectivity index is 2.11. The molecule has 2 rings (SSSR count). The summed E-state index contributed by atoms with van der Waals surface area (Å²) in [6.07, 6.45) is 2.10. The van der Waals surface area contributed by atoms with E-state index in [1.807, 2.05) is 30.3 Å². The number of hydrogen-bond acceptors (Lipinski definition) is 4. The Morgan fingerprint density at radius 1 is 1.29 bits per heavy atom. The monoisotopic (exact) mass is 309 g/mol. The van der Waals surface area contributed by atoms with Crippen LogP contribution >= 0.6 is 0 Å². The summed E-state index contributed by atoms with van der Waals surface area (Å²) in [5, 5.41) is 9.73. The molecule has 2 N–H and O–H groups in total. The van der Waals surface area contributed by atoms with Crippen LogP contribution in [0.25, 0.3) is 10.9 Å². The van der Waals surface area contributed by atoms with Crippen molar-refractivity contribution in [3.05, 3.63) is 42.1 Å². The maximum absolute atomic E-state index is 12.1. The predicted octanol–water partition coefficient (Wildman–Crippen LogP) is 0.883. The number of hydrogen-bond donors (Lipinski definition) is 2. The van der Waals surface area contributed by atoms with Crippen LogP contribution in [0.2, 0.25) is 0 Å². The number of rotatable bonds is 7. The number of aromatic nitrogens is 1. The quantitative estimate of drug-likeness (QED) is 0.795. The predicted molar refractivity (Wildman–Crippen MR) is 81.8 cm³/mol. The molecule has 0 aliphatic rings. The first-order valence-corrected chi connectivity index (χ1v) is 8.13. The number of nitrogens with zero attached hydrogens (tertiary/aromatic N) is 2. The number of nitrogens with one attached hydrogen (secondary N) is 1. The van der Waals surface area contributed by atoms with E-state index in [9.17, 15) is 8.42 Å². The first-order chi connectivity index (χ1) is 10.0. The summed E-state index contributed by atoms with van der Waals surface area (Å²) >= 11 is 0. The number of benzene rings is 1. The number of aliphatic hydroxyl groups is 1. The van der Waals surface area contributed by atoms with Gasteiger partial charge in [0.25, 0.3) is 10.2 Å². The van der Waals surface area contributed by atoms with Crippen molar-refractivity contribution in [2.45, 2.75) is 13.0 Å². The van der Waals surface area contributed by atoms with Crippen LogP contribution in [0.5, 0.6) is 0 Å². The summed E-state index contributed by atoms with van der Waals surface area (Å²) in [6.45, 7) is 0.423. The Bertz CT molecular complexity index is 698. The molecule has 0 spiro atoms. The molecule has 114 valence electrons. The van der Waals surface area contributed by atoms with E-state index in [0.29, 0.717) is 6.42 Å². The van der Waals surface area contributed by atoms with E-state index in [1.54, 1.807) is 6.20 Å². The molecule has 1 heterocycles. The number of aliphatic hydroxyl groups excluding tert-OH is 1. The van der Waals surface area contributed by atoms with Crippen LogP contribution in [0.1, 0.15) is 12.0 Å². The van der Waals surface area contributed by atoms with Crippen molar-refractivity contribution in [2.75, 3.05) is 20.2 Å². The van der Waals surface area contributed by atoms with Crippen molar-refractivity contribution in [1.29, 1.82) is 0 Å². The van der Waals surface area contributed by atoms with E-state index >= 15 is 0 Å². The minimum atomic E-state index is -3.55. The first-order valence-electron chi connectivity index (χ1n) is 6.69. The average molecular weight is 309 g/mol. The fraction of sp³-hybridized carbons (Fsp3) is 0.357. The van der Waals surface area contributed by atoms with Gasteiger partial charge in [-0.15, -0.1) is 0 Å². The van der Waals surface area contributed by atoms with Gasteiger partial charge in [0.05, 0.1) is 5.52 Å². The third-order valence-corrected chi connectivity index (χ3v) is 4.72. The van der Waals surface area contributed by atoms with Gasteiger partial charge in [0.1, 0.15) is 0 Å². The van der Waals surface area contributed by atoms with Gasteiger partial charge in [0, 0.05) is 38.3 Å². The molecule has 0 unspecified atom stereocenters. The van der Waals surface area contributed by atoms with Crippen molar-refractivity contribution in [3.63, 3.8) is 0 Å². The van der Waals surface area contributed by atoms with E-state index in [0.717, 1.165) is 16.5 Å². The summed E-state index contributed by atoms with van der Waals surface area (Å²) in [6, 6.07) is 9.45. The van der Waals surface area contributed by atoms with Crippen LogP contribution in [0.15, 0.2) is 36.5 Å². The molecule has 0 saturated carbocycles. The molecule has 1 aromatic heterocycles. The lowest BCUT2D eigenvalue weighted by Gasteiger charge is -2.17. The zero-order valence-electron chi connectivity index (χ0n) is 11.9. The van der Waals surface area contributed by atoms with Gasteiger partial charge < -0.3 is 5.11 Å². The third kappa shape index (κ3) is 3.98. The summed E-state index contributed by atoms with van der Waals surface area (Å²) < 4.78 is 27.9. The summed E-state index contributed by atoms with van der Waals surface area (Å²) in [4.78, 5) is 4.29. The summed E-state index contributed by atoms with van der Waals surface area (Å²) in [5.41, 5.74) is 1.62. The van der Waals surface area contributed by atoms with Crippen LogP contribution in [0.3, 0.4) is 0 Å². The van der Waals surface area contributed by atoms with Crippen molar-refractivity contribution >= 4 is 21.1 Å². The highest BCUT2D eigenvalue weighted by Gasteiger charge is 2.16. The maximum Gasteiger partial charge on any atom is 0.279 e. The Labute approximate surface area is 124 Å². The number of para-hydroxylation sites is 1. The van der Waals surface area contributed by atoms with E-state index in [-0.39, 0.29) is 19.7 Å². The second-order valence-electron chi connectivity index (χ2n) is 4.72. The smallest absolute Gasteiger partial charge is 0.279 e. The molecular formula is C14H19N3O3S. The second kappa shape index (κ2) is 6.95. The molecule has 21 heavy (non-hydrogen) atoms. The van der Waals surface area contributed by atoms with Crippen LogP contribution in [0.4, 0.5) is 0 Å². The number of fused-ring (bicyclic) bond motifs is 1. The van der Waals surface area contributed by atoms with Gasteiger partial charge >= 0.3 is 0 Å². The molecule has 0 atom stereocenters. The molecule has 0 bridgehead atoms. The van der Waals surface area contributed by atoms with E-state index < -0.39 is 10.2 Å². The normalized spacial score (nSPS) is 12.1. The molecule has 2 aromatic rings. The average Bonchev–Trinajstić information content (AvgIpc) is 2.50. The van der Waals surface area contributed by atoms with Gasteiger partial charge in [-0.1, -0.05) is 24.3 Å². The molecule has 1 aromatic carbocycles. The van der Waals surface area contributed by atoms with Gasteiger partial charge in [-0.25, -0.2) is 0 Å². The highest BCUT2D eigenvalue weighted by Crippen LogP contribution is 2.16. The zero-order valence-corrected chi connectivity index (χ0v) is 12.7. The topological polar surface area (TPSA) is 82.5 Å². The Hall–Kier alpha value is -1.54. The molecule has 7 heteroatoms. The SMILES string of the molecule is CN(CCCO)S(=O)(=O)NCc1cccc2cccnc12. The largest absolute Gasteiger partial charge is 0.396 e. The van der Waals surface area contributed by atoms with E-state index in [1.165, 1.54) is 11.4 Å². The Morgan fingerprint density at radius 3 is 2.81 bits per heavy atom. The molecule has 6 nitrogen and oxygen atoms in total. The Morgan fingerprint density at radius 2 is 2.05 bits per heavy atom. The van der Waals surface area contributed by atoms with Crippen molar-refractivity contribution in [3.8, 4) is 0 Å². The van der Waals surface area contributed by atoms with Crippen molar-refractivity contribution < 1.29 is 13.5 Å². The fourth-order valence-corrected chi connectivity index (χ4v) is 2.93. The fourth-order valence-electron chi connectivity index (χ4n) is 2.00. The lowest BCUT2D eigenvalue weighted by atomic mass is 10.1. The first kappa shape index (κ1) is 15.8. The lowest BCUT2D eigenvalue weighted by Crippen LogP contribution is -2.38.